The van der Waals surface area contributed by atoms with Crippen LogP contribution in [0, 0.1) is 5.41 Å². The lowest BCUT2D eigenvalue weighted by Crippen LogP contribution is -2.09. The van der Waals surface area contributed by atoms with Gasteiger partial charge >= 0.3 is 0 Å². The van der Waals surface area contributed by atoms with Crippen molar-refractivity contribution in [2.75, 3.05) is 0 Å². The molecule has 4 heteroatoms. The highest BCUT2D eigenvalue weighted by Gasteiger charge is 2.17. The van der Waals surface area contributed by atoms with E-state index in [9.17, 15) is 0 Å². The summed E-state index contributed by atoms with van der Waals surface area (Å²) < 4.78 is 0. The van der Waals surface area contributed by atoms with Crippen molar-refractivity contribution in [3.8, 4) is 0 Å². The van der Waals surface area contributed by atoms with Crippen LogP contribution < -0.4 is 0 Å². The van der Waals surface area contributed by atoms with Gasteiger partial charge in [-0.15, -0.1) is 22.7 Å². The Bertz CT molecular complexity index is 658. The predicted molar refractivity (Wildman–Crippen MR) is 124 cm³/mol. The summed E-state index contributed by atoms with van der Waals surface area (Å²) in [6.45, 7) is 19.8. The quantitative estimate of drug-likeness (QED) is 0.438. The molecule has 1 aliphatic heterocycles. The minimum atomic E-state index is 0.230. The molecule has 0 atom stereocenters. The summed E-state index contributed by atoms with van der Waals surface area (Å²) in [6.07, 6.45) is 7.01. The molecule has 0 aromatic carbocycles. The Morgan fingerprint density at radius 2 is 1.48 bits per heavy atom. The van der Waals surface area contributed by atoms with Gasteiger partial charge in [0.15, 0.2) is 0 Å². The number of hydrogen-bond acceptors (Lipinski definition) is 4. The van der Waals surface area contributed by atoms with Crippen LogP contribution in [-0.2, 0) is 10.8 Å². The van der Waals surface area contributed by atoms with Gasteiger partial charge in [-0.05, 0) is 16.9 Å². The zero-order valence-corrected chi connectivity index (χ0v) is 20.1. The molecule has 0 saturated heterocycles. The maximum atomic E-state index is 4.24. The van der Waals surface area contributed by atoms with Crippen LogP contribution in [0.3, 0.4) is 0 Å². The van der Waals surface area contributed by atoms with E-state index in [1.54, 1.807) is 11.3 Å². The van der Waals surface area contributed by atoms with Crippen molar-refractivity contribution in [1.82, 2.24) is 4.98 Å². The lowest BCUT2D eigenvalue weighted by Gasteiger charge is -2.16. The second-order valence-corrected chi connectivity index (χ2v) is 11.5. The van der Waals surface area contributed by atoms with E-state index in [0.29, 0.717) is 5.41 Å². The summed E-state index contributed by atoms with van der Waals surface area (Å²) in [5.74, 6) is 0. The highest BCUT2D eigenvalue weighted by Crippen LogP contribution is 2.28. The molecule has 0 N–H and O–H groups in total. The van der Waals surface area contributed by atoms with Crippen LogP contribution in [0.2, 0.25) is 0 Å². The lowest BCUT2D eigenvalue weighted by atomic mass is 9.92. The molecule has 0 unspecified atom stereocenters. The van der Waals surface area contributed by atoms with Gasteiger partial charge in [-0.2, -0.15) is 0 Å². The molecule has 3 heterocycles. The summed E-state index contributed by atoms with van der Waals surface area (Å²) in [5, 5.41) is 5.35. The molecule has 0 bridgehead atoms. The van der Waals surface area contributed by atoms with Crippen molar-refractivity contribution in [3.05, 3.63) is 50.7 Å². The van der Waals surface area contributed by atoms with E-state index in [-0.39, 0.29) is 10.8 Å². The Hall–Kier alpha value is -1.26. The van der Waals surface area contributed by atoms with Gasteiger partial charge in [-0.25, -0.2) is 4.98 Å². The van der Waals surface area contributed by atoms with Crippen LogP contribution in [0.4, 0.5) is 0 Å². The Balaban J connectivity index is 0.000000202. The summed E-state index contributed by atoms with van der Waals surface area (Å²) in [5.41, 5.74) is 2.04. The van der Waals surface area contributed by atoms with Crippen molar-refractivity contribution in [2.45, 2.75) is 79.6 Å². The van der Waals surface area contributed by atoms with Crippen LogP contribution in [0.15, 0.2) is 45.9 Å². The van der Waals surface area contributed by atoms with Gasteiger partial charge in [0.2, 0.25) is 0 Å². The first-order chi connectivity index (χ1) is 12.3. The second kappa shape index (κ2) is 9.79. The number of aromatic nitrogens is 1. The number of nitrogens with zero attached hydrogens (tertiary/aromatic N) is 2. The van der Waals surface area contributed by atoms with Crippen molar-refractivity contribution in [1.29, 1.82) is 0 Å². The van der Waals surface area contributed by atoms with Gasteiger partial charge in [-0.3, -0.25) is 4.99 Å². The van der Waals surface area contributed by atoms with Gasteiger partial charge in [0.05, 0.1) is 5.01 Å². The largest absolute Gasteiger partial charge is 0.265 e. The minimum absolute atomic E-state index is 0.230. The second-order valence-electron chi connectivity index (χ2n) is 9.70. The molecular weight excluding hydrogens is 368 g/mol. The predicted octanol–water partition coefficient (Wildman–Crippen LogP) is 7.88. The van der Waals surface area contributed by atoms with Gasteiger partial charge < -0.3 is 0 Å². The summed E-state index contributed by atoms with van der Waals surface area (Å²) in [7, 11) is 0. The fourth-order valence-corrected chi connectivity index (χ4v) is 3.71. The standard InChI is InChI=1S/C8H13N.C8H12S.C7H11NS/c2*1-8(2,3)7-5-4-6-9-7;1-7(2,3)6-8-4-5-9-6/h5-6H,4H2,1-3H3;4-6H,1-3H3;4-5H,1-3H3. The van der Waals surface area contributed by atoms with Gasteiger partial charge in [0.1, 0.15) is 0 Å². The molecule has 0 fully saturated rings. The van der Waals surface area contributed by atoms with Gasteiger partial charge in [0, 0.05) is 45.6 Å². The Morgan fingerprint density at radius 1 is 0.815 bits per heavy atom. The van der Waals surface area contributed by atoms with Crippen LogP contribution in [0.5, 0.6) is 0 Å². The number of aliphatic imine (C=N–C) groups is 1. The fraction of sp³-hybridized carbons (Fsp3) is 0.565. The Kier molecular flexibility index (Phi) is 8.62. The third kappa shape index (κ3) is 8.98. The van der Waals surface area contributed by atoms with E-state index < -0.39 is 0 Å². The number of thiazole rings is 1. The average Bonchev–Trinajstić information content (AvgIpc) is 3.28. The third-order valence-corrected chi connectivity index (χ3v) is 6.24. The molecule has 0 amide bonds. The zero-order chi connectivity index (χ0) is 20.7. The molecular formula is C23H36N2S2. The molecule has 0 saturated carbocycles. The van der Waals surface area contributed by atoms with Gasteiger partial charge in [-0.1, -0.05) is 74.5 Å². The topological polar surface area (TPSA) is 25.2 Å². The maximum absolute atomic E-state index is 4.24. The van der Waals surface area contributed by atoms with Crippen LogP contribution in [0.1, 0.15) is 78.6 Å². The van der Waals surface area contributed by atoms with E-state index >= 15 is 0 Å². The van der Waals surface area contributed by atoms with E-state index in [0.717, 1.165) is 6.42 Å². The Morgan fingerprint density at radius 3 is 1.70 bits per heavy atom. The summed E-state index contributed by atoms with van der Waals surface area (Å²) in [6, 6.07) is 4.29. The first-order valence-corrected chi connectivity index (χ1v) is 11.2. The van der Waals surface area contributed by atoms with E-state index in [1.807, 2.05) is 29.1 Å². The number of thiophene rings is 1. The highest BCUT2D eigenvalue weighted by atomic mass is 32.1. The summed E-state index contributed by atoms with van der Waals surface area (Å²) in [4.78, 5) is 9.91. The molecule has 150 valence electrons. The van der Waals surface area contributed by atoms with Crippen LogP contribution >= 0.6 is 22.7 Å². The molecule has 27 heavy (non-hydrogen) atoms. The highest BCUT2D eigenvalue weighted by molar-refractivity contribution is 7.10. The van der Waals surface area contributed by atoms with Gasteiger partial charge in [0.25, 0.3) is 0 Å². The van der Waals surface area contributed by atoms with E-state index in [4.69, 9.17) is 0 Å². The maximum Gasteiger partial charge on any atom is 0.0978 e. The number of allylic oxidation sites excluding steroid dienone is 2. The van der Waals surface area contributed by atoms with Crippen LogP contribution in [0.25, 0.3) is 0 Å². The average molecular weight is 405 g/mol. The molecule has 0 aliphatic carbocycles. The summed E-state index contributed by atoms with van der Waals surface area (Å²) >= 11 is 3.55. The van der Waals surface area contributed by atoms with E-state index in [1.165, 1.54) is 15.6 Å². The van der Waals surface area contributed by atoms with Crippen LogP contribution in [-0.4, -0.2) is 11.2 Å². The van der Waals surface area contributed by atoms with E-state index in [2.05, 4.69) is 95.9 Å². The Labute approximate surface area is 174 Å². The normalized spacial score (nSPS) is 14.0. The fourth-order valence-electron chi connectivity index (χ4n) is 2.17. The smallest absolute Gasteiger partial charge is 0.0978 e. The van der Waals surface area contributed by atoms with Crippen molar-refractivity contribution in [3.63, 3.8) is 0 Å². The van der Waals surface area contributed by atoms with Crippen molar-refractivity contribution < 1.29 is 0 Å². The van der Waals surface area contributed by atoms with Crippen molar-refractivity contribution >= 4 is 28.9 Å². The molecule has 2 nitrogen and oxygen atoms in total. The lowest BCUT2D eigenvalue weighted by molar-refractivity contribution is 0.500. The molecule has 2 aromatic heterocycles. The molecule has 2 aromatic rings. The molecule has 0 spiro atoms. The van der Waals surface area contributed by atoms with Crippen molar-refractivity contribution in [2.24, 2.45) is 10.4 Å². The molecule has 1 aliphatic rings. The minimum Gasteiger partial charge on any atom is -0.265 e. The zero-order valence-electron chi connectivity index (χ0n) is 18.5. The number of hydrogen-bond donors (Lipinski definition) is 0. The third-order valence-electron chi connectivity index (χ3n) is 3.75. The molecule has 3 rings (SSSR count). The first kappa shape index (κ1) is 23.8. The number of rotatable bonds is 0. The molecule has 0 radical (unpaired) electrons. The first-order valence-electron chi connectivity index (χ1n) is 9.49. The SMILES string of the molecule is CC(C)(C)C1=CCC=N1.CC(C)(C)c1cccs1.CC(C)(C)c1nccs1. The monoisotopic (exact) mass is 404 g/mol.